The van der Waals surface area contributed by atoms with Gasteiger partial charge in [-0.2, -0.15) is 4.98 Å². The minimum atomic E-state index is -3.73. The minimum absolute atomic E-state index is 0.0520. The van der Waals surface area contributed by atoms with E-state index in [2.05, 4.69) is 36.5 Å². The third-order valence-electron chi connectivity index (χ3n) is 3.27. The Balaban J connectivity index is 2.20. The lowest BCUT2D eigenvalue weighted by Crippen LogP contribution is -2.39. The molecular formula is C13H18BrN5O3S2. The maximum Gasteiger partial charge on any atom is 0.247 e. The molecule has 2 heterocycles. The van der Waals surface area contributed by atoms with Crippen molar-refractivity contribution >= 4 is 54.7 Å². The minimum Gasteiger partial charge on any atom is -0.388 e. The van der Waals surface area contributed by atoms with Crippen molar-refractivity contribution in [1.29, 1.82) is 0 Å². The van der Waals surface area contributed by atoms with Gasteiger partial charge in [0.25, 0.3) is 0 Å². The first-order chi connectivity index (χ1) is 11.0. The number of primary sulfonamides is 1. The molecular weight excluding hydrogens is 418 g/mol. The van der Waals surface area contributed by atoms with Crippen LogP contribution >= 0.6 is 27.3 Å². The van der Waals surface area contributed by atoms with Crippen molar-refractivity contribution in [2.24, 2.45) is 5.14 Å². The molecule has 0 spiro atoms. The van der Waals surface area contributed by atoms with Crippen LogP contribution < -0.4 is 15.8 Å². The topological polar surface area (TPSA) is 130 Å². The largest absolute Gasteiger partial charge is 0.388 e. The van der Waals surface area contributed by atoms with Gasteiger partial charge in [-0.1, -0.05) is 0 Å². The summed E-state index contributed by atoms with van der Waals surface area (Å²) in [7, 11) is -3.73. The zero-order chi connectivity index (χ0) is 18.1. The number of thiophene rings is 1. The van der Waals surface area contributed by atoms with Crippen molar-refractivity contribution in [3.63, 3.8) is 0 Å². The highest BCUT2D eigenvalue weighted by atomic mass is 79.9. The fourth-order valence-electron chi connectivity index (χ4n) is 1.57. The van der Waals surface area contributed by atoms with Gasteiger partial charge in [0, 0.05) is 11.6 Å². The van der Waals surface area contributed by atoms with Crippen molar-refractivity contribution in [1.82, 2.24) is 9.97 Å². The average molecular weight is 436 g/mol. The predicted molar refractivity (Wildman–Crippen MR) is 98.1 cm³/mol. The van der Waals surface area contributed by atoms with Crippen LogP contribution in [0, 0.1) is 0 Å². The van der Waals surface area contributed by atoms with E-state index >= 15 is 0 Å². The van der Waals surface area contributed by atoms with Crippen LogP contribution in [0.15, 0.2) is 26.3 Å². The van der Waals surface area contributed by atoms with E-state index in [0.717, 1.165) is 11.3 Å². The van der Waals surface area contributed by atoms with E-state index in [4.69, 9.17) is 5.14 Å². The first-order valence-corrected chi connectivity index (χ1v) is 10.1. The number of nitrogens with one attached hydrogen (secondary N) is 2. The molecule has 132 valence electrons. The van der Waals surface area contributed by atoms with E-state index in [1.807, 2.05) is 6.92 Å². The number of hydrogen-bond donors (Lipinski definition) is 4. The van der Waals surface area contributed by atoms with Crippen molar-refractivity contribution in [3.8, 4) is 0 Å². The molecule has 0 fully saturated rings. The molecule has 0 radical (unpaired) electrons. The van der Waals surface area contributed by atoms with Gasteiger partial charge in [-0.15, -0.1) is 11.3 Å². The molecule has 0 saturated heterocycles. The van der Waals surface area contributed by atoms with Gasteiger partial charge in [0.05, 0.1) is 21.8 Å². The van der Waals surface area contributed by atoms with Gasteiger partial charge in [-0.25, -0.2) is 18.5 Å². The van der Waals surface area contributed by atoms with E-state index in [9.17, 15) is 13.5 Å². The van der Waals surface area contributed by atoms with Gasteiger partial charge in [0.15, 0.2) is 0 Å². The molecule has 0 aliphatic rings. The highest BCUT2D eigenvalue weighted by Gasteiger charge is 2.23. The SMILES string of the molecule is C[C@@H](Nc1nc(Nc2csc(S(N)(=O)=O)c2)ncc1Br)C(C)(C)O. The quantitative estimate of drug-likeness (QED) is 0.547. The third kappa shape index (κ3) is 4.86. The first kappa shape index (κ1) is 19.1. The Labute approximate surface area is 152 Å². The van der Waals surface area contributed by atoms with Gasteiger partial charge in [-0.05, 0) is 42.8 Å². The van der Waals surface area contributed by atoms with Gasteiger partial charge in [0.1, 0.15) is 10.0 Å². The third-order valence-corrected chi connectivity index (χ3v) is 6.24. The zero-order valence-corrected chi connectivity index (χ0v) is 16.5. The molecule has 2 aromatic rings. The molecule has 0 amide bonds. The monoisotopic (exact) mass is 435 g/mol. The summed E-state index contributed by atoms with van der Waals surface area (Å²) in [6.07, 6.45) is 1.56. The van der Waals surface area contributed by atoms with Gasteiger partial charge in [-0.3, -0.25) is 0 Å². The van der Waals surface area contributed by atoms with Crippen LogP contribution in [0.1, 0.15) is 20.8 Å². The number of aliphatic hydroxyl groups is 1. The lowest BCUT2D eigenvalue weighted by Gasteiger charge is -2.27. The molecule has 24 heavy (non-hydrogen) atoms. The second-order valence-corrected chi connectivity index (χ2v) is 9.29. The van der Waals surface area contributed by atoms with Crippen LogP contribution in [-0.2, 0) is 10.0 Å². The molecule has 0 aromatic carbocycles. The Morgan fingerprint density at radius 3 is 2.67 bits per heavy atom. The number of nitrogens with two attached hydrogens (primary N) is 1. The first-order valence-electron chi connectivity index (χ1n) is 6.86. The molecule has 2 aromatic heterocycles. The van der Waals surface area contributed by atoms with Crippen LogP contribution in [0.4, 0.5) is 17.5 Å². The number of hydrogen-bond acceptors (Lipinski definition) is 8. The maximum atomic E-state index is 11.3. The van der Waals surface area contributed by atoms with Gasteiger partial charge in [0.2, 0.25) is 16.0 Å². The second kappa shape index (κ2) is 6.92. The molecule has 0 unspecified atom stereocenters. The second-order valence-electron chi connectivity index (χ2n) is 5.73. The summed E-state index contributed by atoms with van der Waals surface area (Å²) in [5.74, 6) is 0.784. The Hall–Kier alpha value is -1.27. The number of nitrogens with zero attached hydrogens (tertiary/aromatic N) is 2. The Morgan fingerprint density at radius 1 is 1.46 bits per heavy atom. The van der Waals surface area contributed by atoms with Crippen LogP contribution in [0.3, 0.4) is 0 Å². The number of halogens is 1. The van der Waals surface area contributed by atoms with Gasteiger partial charge >= 0.3 is 0 Å². The Morgan fingerprint density at radius 2 is 2.12 bits per heavy atom. The Bertz CT molecular complexity index is 832. The number of anilines is 3. The smallest absolute Gasteiger partial charge is 0.247 e. The highest BCUT2D eigenvalue weighted by Crippen LogP contribution is 2.27. The lowest BCUT2D eigenvalue weighted by molar-refractivity contribution is 0.0647. The number of aromatic nitrogens is 2. The summed E-state index contributed by atoms with van der Waals surface area (Å²) in [5.41, 5.74) is -0.414. The molecule has 0 aliphatic heterocycles. The summed E-state index contributed by atoms with van der Waals surface area (Å²) in [6, 6.07) is 1.16. The van der Waals surface area contributed by atoms with Gasteiger partial charge < -0.3 is 15.7 Å². The summed E-state index contributed by atoms with van der Waals surface area (Å²) < 4.78 is 23.3. The van der Waals surface area contributed by atoms with E-state index in [-0.39, 0.29) is 16.2 Å². The number of rotatable bonds is 6. The summed E-state index contributed by atoms with van der Waals surface area (Å²) in [4.78, 5) is 8.45. The van der Waals surface area contributed by atoms with E-state index < -0.39 is 15.6 Å². The lowest BCUT2D eigenvalue weighted by atomic mass is 10.0. The van der Waals surface area contributed by atoms with E-state index in [0.29, 0.717) is 16.0 Å². The summed E-state index contributed by atoms with van der Waals surface area (Å²) in [5, 5.41) is 22.7. The molecule has 8 nitrogen and oxygen atoms in total. The fourth-order valence-corrected chi connectivity index (χ4v) is 3.41. The maximum absolute atomic E-state index is 11.3. The van der Waals surface area contributed by atoms with E-state index in [1.165, 1.54) is 6.07 Å². The van der Waals surface area contributed by atoms with Crippen molar-refractivity contribution in [3.05, 3.63) is 22.1 Å². The van der Waals surface area contributed by atoms with Crippen molar-refractivity contribution < 1.29 is 13.5 Å². The molecule has 2 rings (SSSR count). The van der Waals surface area contributed by atoms with Crippen LogP contribution in [0.2, 0.25) is 0 Å². The molecule has 5 N–H and O–H groups in total. The van der Waals surface area contributed by atoms with Crippen molar-refractivity contribution in [2.45, 2.75) is 36.6 Å². The number of sulfonamides is 1. The molecule has 0 aliphatic carbocycles. The van der Waals surface area contributed by atoms with E-state index in [1.54, 1.807) is 25.4 Å². The normalized spacial score (nSPS) is 13.6. The molecule has 0 saturated carbocycles. The standard InChI is InChI=1S/C13H18BrN5O3S2/c1-7(13(2,3)20)17-11-9(14)5-16-12(19-11)18-8-4-10(23-6-8)24(15,21)22/h4-7,20H,1-3H3,(H2,15,21,22)(H2,16,17,18,19)/t7-/m1/s1. The van der Waals surface area contributed by atoms with Crippen LogP contribution in [-0.4, -0.2) is 35.1 Å². The zero-order valence-electron chi connectivity index (χ0n) is 13.2. The fraction of sp³-hybridized carbons (Fsp3) is 0.385. The average Bonchev–Trinajstić information content (AvgIpc) is 2.90. The Kier molecular flexibility index (Phi) is 5.50. The van der Waals surface area contributed by atoms with Crippen LogP contribution in [0.5, 0.6) is 0 Å². The van der Waals surface area contributed by atoms with Crippen molar-refractivity contribution in [2.75, 3.05) is 10.6 Å². The highest BCUT2D eigenvalue weighted by molar-refractivity contribution is 9.10. The molecule has 11 heteroatoms. The summed E-state index contributed by atoms with van der Waals surface area (Å²) >= 11 is 4.36. The molecule has 0 bridgehead atoms. The van der Waals surface area contributed by atoms with Crippen LogP contribution in [0.25, 0.3) is 0 Å². The molecule has 1 atom stereocenters. The predicted octanol–water partition coefficient (Wildman–Crippen LogP) is 2.26. The summed E-state index contributed by atoms with van der Waals surface area (Å²) in [6.45, 7) is 5.22.